The van der Waals surface area contributed by atoms with Crippen LogP contribution in [0.5, 0.6) is 0 Å². The van der Waals surface area contributed by atoms with E-state index in [1.807, 2.05) is 65.9 Å². The summed E-state index contributed by atoms with van der Waals surface area (Å²) in [5, 5.41) is 2.70. The van der Waals surface area contributed by atoms with Crippen LogP contribution in [0.4, 0.5) is 5.69 Å². The molecule has 4 fully saturated rings. The van der Waals surface area contributed by atoms with E-state index in [1.165, 1.54) is 64.3 Å². The van der Waals surface area contributed by atoms with Crippen molar-refractivity contribution in [3.8, 4) is 45.3 Å². The third-order valence-corrected chi connectivity index (χ3v) is 12.6. The standard InChI is InChI=1S/C44H34N4S/c1-45-36-14-10-31(11-15-36)42-46-41(30-6-3-2-4-7-30)47-43(48-42)34-9-5-8-32(21-34)33-12-17-39-38(22-33)37-16-13-35(23-40(37)49-39)44-24-27-18-28(25-44)20-29(19-27)26-44/h2-17,21-23,27-29H,18-20,24-26H2. The van der Waals surface area contributed by atoms with E-state index in [0.29, 0.717) is 28.6 Å². The van der Waals surface area contributed by atoms with Crippen molar-refractivity contribution in [2.75, 3.05) is 0 Å². The summed E-state index contributed by atoms with van der Waals surface area (Å²) in [5.74, 6) is 4.69. The summed E-state index contributed by atoms with van der Waals surface area (Å²) in [5.41, 5.74) is 7.65. The van der Waals surface area contributed by atoms with Crippen LogP contribution in [0.1, 0.15) is 44.1 Å². The van der Waals surface area contributed by atoms with Crippen LogP contribution in [0, 0.1) is 24.3 Å². The first kappa shape index (κ1) is 28.8. The number of rotatable bonds is 5. The minimum atomic E-state index is 0.418. The quantitative estimate of drug-likeness (QED) is 0.174. The van der Waals surface area contributed by atoms with Crippen molar-refractivity contribution in [3.05, 3.63) is 132 Å². The summed E-state index contributed by atoms with van der Waals surface area (Å²) >= 11 is 1.94. The SMILES string of the molecule is [C-]#[N+]c1ccc(-c2nc(-c3ccccc3)nc(-c3cccc(-c4ccc5sc6cc(C78CC9CC(CC(C9)C7)C8)ccc6c5c4)c3)n2)cc1. The lowest BCUT2D eigenvalue weighted by Gasteiger charge is -2.57. The van der Waals surface area contributed by atoms with Crippen LogP contribution in [0.3, 0.4) is 0 Å². The Kier molecular flexibility index (Phi) is 6.57. The van der Waals surface area contributed by atoms with E-state index in [-0.39, 0.29) is 0 Å². The predicted molar refractivity (Wildman–Crippen MR) is 201 cm³/mol. The second-order valence-corrected chi connectivity index (χ2v) is 15.7. The van der Waals surface area contributed by atoms with Crippen molar-refractivity contribution in [2.45, 2.75) is 43.9 Å². The lowest BCUT2D eigenvalue weighted by atomic mass is 9.48. The average Bonchev–Trinajstić information content (AvgIpc) is 3.52. The van der Waals surface area contributed by atoms with Crippen molar-refractivity contribution in [1.29, 1.82) is 0 Å². The van der Waals surface area contributed by atoms with Crippen molar-refractivity contribution in [1.82, 2.24) is 15.0 Å². The molecule has 0 amide bonds. The zero-order valence-corrected chi connectivity index (χ0v) is 28.0. The molecule has 0 radical (unpaired) electrons. The molecule has 0 aliphatic heterocycles. The molecule has 11 rings (SSSR count). The number of aromatic nitrogens is 3. The van der Waals surface area contributed by atoms with Gasteiger partial charge >= 0.3 is 0 Å². The van der Waals surface area contributed by atoms with Gasteiger partial charge in [-0.1, -0.05) is 91.0 Å². The van der Waals surface area contributed by atoms with Gasteiger partial charge < -0.3 is 0 Å². The highest BCUT2D eigenvalue weighted by Gasteiger charge is 2.51. The van der Waals surface area contributed by atoms with Gasteiger partial charge in [0.05, 0.1) is 6.57 Å². The monoisotopic (exact) mass is 650 g/mol. The van der Waals surface area contributed by atoms with Crippen LogP contribution < -0.4 is 0 Å². The highest BCUT2D eigenvalue weighted by molar-refractivity contribution is 7.25. The van der Waals surface area contributed by atoms with Gasteiger partial charge in [-0.15, -0.1) is 11.3 Å². The van der Waals surface area contributed by atoms with Crippen LogP contribution in [0.2, 0.25) is 0 Å². The van der Waals surface area contributed by atoms with E-state index in [2.05, 4.69) is 65.5 Å². The molecule has 0 spiro atoms. The minimum Gasteiger partial charge on any atom is -0.238 e. The number of hydrogen-bond donors (Lipinski definition) is 0. The molecule has 4 aliphatic carbocycles. The predicted octanol–water partition coefficient (Wildman–Crippen LogP) is 11.9. The van der Waals surface area contributed by atoms with Gasteiger partial charge in [-0.25, -0.2) is 19.8 Å². The number of fused-ring (bicyclic) bond motifs is 3. The summed E-state index contributed by atoms with van der Waals surface area (Å²) in [6, 6.07) is 40.4. The Morgan fingerprint density at radius 1 is 0.531 bits per heavy atom. The van der Waals surface area contributed by atoms with Crippen molar-refractivity contribution in [2.24, 2.45) is 17.8 Å². The Bertz CT molecular complexity index is 2400. The van der Waals surface area contributed by atoms with Gasteiger partial charge in [0.2, 0.25) is 0 Å². The Morgan fingerprint density at radius 3 is 1.82 bits per heavy atom. The van der Waals surface area contributed by atoms with Crippen molar-refractivity contribution >= 4 is 37.2 Å². The van der Waals surface area contributed by atoms with Crippen LogP contribution >= 0.6 is 11.3 Å². The van der Waals surface area contributed by atoms with Crippen LogP contribution in [0.15, 0.2) is 115 Å². The summed E-state index contributed by atoms with van der Waals surface area (Å²) in [6.07, 6.45) is 8.65. The molecule has 0 atom stereocenters. The molecule has 236 valence electrons. The second kappa shape index (κ2) is 11.2. The average molecular weight is 651 g/mol. The second-order valence-electron chi connectivity index (χ2n) is 14.6. The maximum absolute atomic E-state index is 7.34. The minimum absolute atomic E-state index is 0.418. The Balaban J connectivity index is 1.03. The molecule has 5 aromatic carbocycles. The summed E-state index contributed by atoms with van der Waals surface area (Å²) in [4.78, 5) is 18.3. The first-order valence-corrected chi connectivity index (χ1v) is 18.3. The molecule has 7 aromatic rings. The first-order valence-electron chi connectivity index (χ1n) is 17.5. The Labute approximate surface area is 290 Å². The normalized spacial score (nSPS) is 22.5. The van der Waals surface area contributed by atoms with E-state index < -0.39 is 0 Å². The van der Waals surface area contributed by atoms with E-state index in [0.717, 1.165) is 40.0 Å². The Morgan fingerprint density at radius 2 is 1.12 bits per heavy atom. The molecule has 0 N–H and O–H groups in total. The Hall–Kier alpha value is -5.18. The lowest BCUT2D eigenvalue weighted by Crippen LogP contribution is -2.48. The summed E-state index contributed by atoms with van der Waals surface area (Å²) < 4.78 is 2.76. The molecule has 49 heavy (non-hydrogen) atoms. The topological polar surface area (TPSA) is 43.0 Å². The fraction of sp³-hybridized carbons (Fsp3) is 0.227. The molecule has 0 unspecified atom stereocenters. The van der Waals surface area contributed by atoms with E-state index in [4.69, 9.17) is 21.5 Å². The van der Waals surface area contributed by atoms with Gasteiger partial charge in [0, 0.05) is 36.9 Å². The van der Waals surface area contributed by atoms with Crippen molar-refractivity contribution in [3.63, 3.8) is 0 Å². The first-order chi connectivity index (χ1) is 24.1. The molecule has 0 saturated heterocycles. The number of benzene rings is 5. The molecule has 4 nitrogen and oxygen atoms in total. The molecule has 4 aliphatic rings. The summed E-state index contributed by atoms with van der Waals surface area (Å²) in [7, 11) is 0. The zero-order valence-electron chi connectivity index (χ0n) is 27.1. The van der Waals surface area contributed by atoms with Gasteiger partial charge in [-0.05, 0) is 103 Å². The van der Waals surface area contributed by atoms with Crippen LogP contribution in [-0.4, -0.2) is 15.0 Å². The number of thiophene rings is 1. The van der Waals surface area contributed by atoms with Gasteiger partial charge in [0.15, 0.2) is 23.2 Å². The third-order valence-electron chi connectivity index (χ3n) is 11.5. The van der Waals surface area contributed by atoms with Crippen LogP contribution in [0.25, 0.3) is 70.3 Å². The molecule has 2 heterocycles. The van der Waals surface area contributed by atoms with Gasteiger partial charge in [-0.2, -0.15) is 0 Å². The van der Waals surface area contributed by atoms with E-state index in [1.54, 1.807) is 5.56 Å². The highest BCUT2D eigenvalue weighted by atomic mass is 32.1. The molecule has 5 heteroatoms. The molecule has 2 aromatic heterocycles. The third kappa shape index (κ3) is 4.97. The van der Waals surface area contributed by atoms with Crippen molar-refractivity contribution < 1.29 is 0 Å². The number of hydrogen-bond acceptors (Lipinski definition) is 4. The highest BCUT2D eigenvalue weighted by Crippen LogP contribution is 2.61. The van der Waals surface area contributed by atoms with Gasteiger partial charge in [0.25, 0.3) is 0 Å². The summed E-state index contributed by atoms with van der Waals surface area (Å²) in [6.45, 7) is 7.34. The van der Waals surface area contributed by atoms with Gasteiger partial charge in [-0.3, -0.25) is 0 Å². The fourth-order valence-corrected chi connectivity index (χ4v) is 10.7. The molecular formula is C44H34N4S. The largest absolute Gasteiger partial charge is 0.238 e. The number of nitrogens with zero attached hydrogens (tertiary/aromatic N) is 4. The van der Waals surface area contributed by atoms with Crippen LogP contribution in [-0.2, 0) is 5.41 Å². The smallest absolute Gasteiger partial charge is 0.187 e. The van der Waals surface area contributed by atoms with E-state index in [9.17, 15) is 0 Å². The molecule has 4 bridgehead atoms. The van der Waals surface area contributed by atoms with Gasteiger partial charge in [0.1, 0.15) is 0 Å². The maximum Gasteiger partial charge on any atom is 0.187 e. The molecular weight excluding hydrogens is 617 g/mol. The zero-order chi connectivity index (χ0) is 32.5. The van der Waals surface area contributed by atoms with E-state index >= 15 is 0 Å². The molecule has 4 saturated carbocycles. The lowest BCUT2D eigenvalue weighted by molar-refractivity contribution is -0.00512. The maximum atomic E-state index is 7.34. The fourth-order valence-electron chi connectivity index (χ4n) is 9.62.